The molecule has 1 aromatic heterocycles. The van der Waals surface area contributed by atoms with Crippen molar-refractivity contribution in [2.75, 3.05) is 4.90 Å². The van der Waals surface area contributed by atoms with E-state index >= 15 is 0 Å². The average molecular weight is 712 g/mol. The molecule has 0 aliphatic heterocycles. The Morgan fingerprint density at radius 1 is 0.537 bits per heavy atom. The van der Waals surface area contributed by atoms with Crippen LogP contribution in [0.5, 0.6) is 0 Å². The third kappa shape index (κ3) is 4.10. The highest BCUT2D eigenvalue weighted by Crippen LogP contribution is 2.67. The third-order valence-electron chi connectivity index (χ3n) is 14.0. The maximum atomic E-state index is 2.57. The summed E-state index contributed by atoms with van der Waals surface area (Å²) in [6, 6.07) is 58.0. The highest BCUT2D eigenvalue weighted by Gasteiger charge is 2.57. The fourth-order valence-corrected chi connectivity index (χ4v) is 12.7. The van der Waals surface area contributed by atoms with Gasteiger partial charge in [0.05, 0.1) is 5.69 Å². The molecule has 2 heteroatoms. The molecule has 8 aromatic rings. The summed E-state index contributed by atoms with van der Waals surface area (Å²) < 4.78 is 2.69. The molecule has 0 saturated heterocycles. The van der Waals surface area contributed by atoms with E-state index < -0.39 is 0 Å². The Labute approximate surface area is 321 Å². The number of anilines is 3. The topological polar surface area (TPSA) is 3.24 Å². The minimum atomic E-state index is -0.0823. The number of thiophene rings is 1. The summed E-state index contributed by atoms with van der Waals surface area (Å²) in [6.45, 7) is 4.78. The molecular weight excluding hydrogens is 671 g/mol. The zero-order chi connectivity index (χ0) is 35.8. The van der Waals surface area contributed by atoms with Crippen LogP contribution in [-0.2, 0) is 10.8 Å². The van der Waals surface area contributed by atoms with E-state index in [2.05, 4.69) is 170 Å². The molecule has 12 rings (SSSR count). The van der Waals surface area contributed by atoms with Gasteiger partial charge in [0.2, 0.25) is 0 Å². The molecule has 7 aromatic carbocycles. The molecule has 0 amide bonds. The molecule has 2 fully saturated rings. The van der Waals surface area contributed by atoms with Crippen molar-refractivity contribution in [1.29, 1.82) is 0 Å². The van der Waals surface area contributed by atoms with Crippen LogP contribution in [0.4, 0.5) is 17.1 Å². The van der Waals surface area contributed by atoms with Crippen LogP contribution >= 0.6 is 11.3 Å². The van der Waals surface area contributed by atoms with E-state index in [1.807, 2.05) is 11.3 Å². The number of benzene rings is 7. The van der Waals surface area contributed by atoms with E-state index in [9.17, 15) is 0 Å². The van der Waals surface area contributed by atoms with Gasteiger partial charge in [0, 0.05) is 47.9 Å². The van der Waals surface area contributed by atoms with E-state index in [1.54, 1.807) is 11.1 Å². The molecule has 54 heavy (non-hydrogen) atoms. The summed E-state index contributed by atoms with van der Waals surface area (Å²) in [7, 11) is 0. The van der Waals surface area contributed by atoms with Crippen LogP contribution in [0.1, 0.15) is 61.8 Å². The van der Waals surface area contributed by atoms with E-state index in [-0.39, 0.29) is 10.8 Å². The van der Waals surface area contributed by atoms with Crippen LogP contribution in [0.2, 0.25) is 0 Å². The summed E-state index contributed by atoms with van der Waals surface area (Å²) >= 11 is 1.89. The van der Waals surface area contributed by atoms with Crippen molar-refractivity contribution in [3.05, 3.63) is 174 Å². The number of hydrogen-bond acceptors (Lipinski definition) is 2. The molecule has 260 valence electrons. The number of fused-ring (bicyclic) bond motifs is 14. The van der Waals surface area contributed by atoms with Crippen molar-refractivity contribution < 1.29 is 0 Å². The lowest BCUT2D eigenvalue weighted by Gasteiger charge is -2.37. The Bertz CT molecular complexity index is 2840. The molecule has 1 nitrogen and oxygen atoms in total. The van der Waals surface area contributed by atoms with Crippen LogP contribution in [0.25, 0.3) is 53.6 Å². The van der Waals surface area contributed by atoms with Gasteiger partial charge < -0.3 is 4.90 Å². The van der Waals surface area contributed by atoms with Crippen LogP contribution in [0.3, 0.4) is 0 Å². The molecule has 1 heterocycles. The van der Waals surface area contributed by atoms with Gasteiger partial charge in [0.15, 0.2) is 0 Å². The van der Waals surface area contributed by atoms with Gasteiger partial charge in [-0.3, -0.25) is 0 Å². The lowest BCUT2D eigenvalue weighted by atomic mass is 9.67. The average Bonchev–Trinajstić information content (AvgIpc) is 4.03. The van der Waals surface area contributed by atoms with Crippen molar-refractivity contribution in [2.24, 2.45) is 11.8 Å². The van der Waals surface area contributed by atoms with Crippen molar-refractivity contribution in [2.45, 2.75) is 50.4 Å². The molecule has 2 bridgehead atoms. The molecule has 3 unspecified atom stereocenters. The fourth-order valence-electron chi connectivity index (χ4n) is 11.6. The maximum Gasteiger partial charge on any atom is 0.0543 e. The lowest BCUT2D eigenvalue weighted by Crippen LogP contribution is -2.31. The Hall–Kier alpha value is -5.44. The summed E-state index contributed by atoms with van der Waals surface area (Å²) in [5.41, 5.74) is 17.8. The first kappa shape index (κ1) is 31.0. The van der Waals surface area contributed by atoms with E-state index in [0.717, 1.165) is 11.8 Å². The lowest BCUT2D eigenvalue weighted by molar-refractivity contribution is 0.327. The number of nitrogens with zero attached hydrogens (tertiary/aromatic N) is 1. The first-order valence-corrected chi connectivity index (χ1v) is 20.6. The molecule has 3 atom stereocenters. The highest BCUT2D eigenvalue weighted by atomic mass is 32.1. The van der Waals surface area contributed by atoms with Crippen LogP contribution < -0.4 is 4.90 Å². The molecule has 2 saturated carbocycles. The van der Waals surface area contributed by atoms with E-state index in [0.29, 0.717) is 0 Å². The van der Waals surface area contributed by atoms with Gasteiger partial charge in [-0.1, -0.05) is 129 Å². The number of hydrogen-bond donors (Lipinski definition) is 0. The molecule has 1 spiro atoms. The summed E-state index contributed by atoms with van der Waals surface area (Å²) in [5, 5.41) is 2.69. The molecule has 0 N–H and O–H groups in total. The van der Waals surface area contributed by atoms with Crippen molar-refractivity contribution in [3.8, 4) is 33.4 Å². The Kier molecular flexibility index (Phi) is 6.34. The van der Waals surface area contributed by atoms with Gasteiger partial charge in [-0.2, -0.15) is 0 Å². The monoisotopic (exact) mass is 711 g/mol. The van der Waals surface area contributed by atoms with Crippen LogP contribution in [0, 0.1) is 11.8 Å². The van der Waals surface area contributed by atoms with Gasteiger partial charge in [0.25, 0.3) is 0 Å². The fraction of sp³-hybridized carbons (Fsp3) is 0.192. The van der Waals surface area contributed by atoms with E-state index in [1.165, 1.54) is 107 Å². The van der Waals surface area contributed by atoms with Gasteiger partial charge >= 0.3 is 0 Å². The van der Waals surface area contributed by atoms with Crippen molar-refractivity contribution in [3.63, 3.8) is 0 Å². The zero-order valence-electron chi connectivity index (χ0n) is 30.8. The number of rotatable bonds is 4. The first-order chi connectivity index (χ1) is 26.5. The molecule has 4 aliphatic carbocycles. The van der Waals surface area contributed by atoms with Gasteiger partial charge in [0.1, 0.15) is 0 Å². The minimum absolute atomic E-state index is 0.0823. The molecule has 4 aliphatic rings. The smallest absolute Gasteiger partial charge is 0.0543 e. The minimum Gasteiger partial charge on any atom is -0.310 e. The highest BCUT2D eigenvalue weighted by molar-refractivity contribution is 7.25. The maximum absolute atomic E-state index is 2.57. The first-order valence-electron chi connectivity index (χ1n) is 19.8. The summed E-state index contributed by atoms with van der Waals surface area (Å²) in [4.78, 5) is 2.57. The second kappa shape index (κ2) is 11.1. The largest absolute Gasteiger partial charge is 0.310 e. The Morgan fingerprint density at radius 2 is 1.24 bits per heavy atom. The van der Waals surface area contributed by atoms with Gasteiger partial charge in [-0.15, -0.1) is 11.3 Å². The van der Waals surface area contributed by atoms with Crippen LogP contribution in [0.15, 0.2) is 152 Å². The second-order valence-corrected chi connectivity index (χ2v) is 18.0. The van der Waals surface area contributed by atoms with Gasteiger partial charge in [-0.05, 0) is 124 Å². The van der Waals surface area contributed by atoms with E-state index in [4.69, 9.17) is 0 Å². The quantitative estimate of drug-likeness (QED) is 0.176. The van der Waals surface area contributed by atoms with Crippen molar-refractivity contribution >= 4 is 48.6 Å². The predicted octanol–water partition coefficient (Wildman–Crippen LogP) is 14.6. The summed E-state index contributed by atoms with van der Waals surface area (Å²) in [5.74, 6) is 1.57. The standard InChI is InChI=1S/C52H41NS/c1-51(2)43-13-6-3-10-38(43)39-27-25-37(30-46(39)51)53(36-23-19-33(20-24-36)34-21-26-41-40-11-5-8-17-48(40)54-49(41)29-34)47-16-9-15-45-50(47)42-12-4-7-14-44(42)52(45)31-32-18-22-35(52)28-32/h3-17,19-21,23-27,29-30,32,35H,18,22,28,31H2,1-2H3. The Morgan fingerprint density at radius 3 is 2.07 bits per heavy atom. The Balaban J connectivity index is 1.04. The zero-order valence-corrected chi connectivity index (χ0v) is 31.6. The normalized spacial score (nSPS) is 21.1. The predicted molar refractivity (Wildman–Crippen MR) is 229 cm³/mol. The second-order valence-electron chi connectivity index (χ2n) is 16.9. The SMILES string of the molecule is CC1(C)c2ccccc2-c2ccc(N(c3ccc(-c4ccc5c(c4)sc4ccccc45)cc3)c3cccc4c3-c3ccccc3C43CC4CCC3C4)cc21. The summed E-state index contributed by atoms with van der Waals surface area (Å²) in [6.07, 6.45) is 5.40. The third-order valence-corrected chi connectivity index (χ3v) is 15.1. The molecular formula is C52H41NS. The van der Waals surface area contributed by atoms with Crippen molar-refractivity contribution in [1.82, 2.24) is 0 Å². The van der Waals surface area contributed by atoms with Gasteiger partial charge in [-0.25, -0.2) is 0 Å². The molecule has 0 radical (unpaired) electrons. The van der Waals surface area contributed by atoms with Crippen LogP contribution in [-0.4, -0.2) is 0 Å².